The van der Waals surface area contributed by atoms with Crippen molar-refractivity contribution < 1.29 is 18.0 Å². The first-order chi connectivity index (χ1) is 11.8. The second-order valence-electron chi connectivity index (χ2n) is 6.94. The summed E-state index contributed by atoms with van der Waals surface area (Å²) < 4.78 is 24.4. The van der Waals surface area contributed by atoms with Crippen LogP contribution in [0, 0.1) is 5.92 Å². The predicted octanol–water partition coefficient (Wildman–Crippen LogP) is 0.856. The van der Waals surface area contributed by atoms with E-state index in [1.54, 1.807) is 7.05 Å². The summed E-state index contributed by atoms with van der Waals surface area (Å²) in [6.45, 7) is 0. The minimum Gasteiger partial charge on any atom is -0.347 e. The van der Waals surface area contributed by atoms with E-state index in [0.717, 1.165) is 25.7 Å². The summed E-state index contributed by atoms with van der Waals surface area (Å²) in [4.78, 5) is 24.6. The predicted molar refractivity (Wildman–Crippen MR) is 92.9 cm³/mol. The summed E-state index contributed by atoms with van der Waals surface area (Å²) in [7, 11) is -1.39. The summed E-state index contributed by atoms with van der Waals surface area (Å²) in [5.74, 6) is 0.108. The highest BCUT2D eigenvalue weighted by Crippen LogP contribution is 2.25. The van der Waals surface area contributed by atoms with Gasteiger partial charge in [-0.05, 0) is 19.3 Å². The van der Waals surface area contributed by atoms with E-state index >= 15 is 0 Å². The molecule has 2 fully saturated rings. The topological polar surface area (TPSA) is 110 Å². The van der Waals surface area contributed by atoms with Gasteiger partial charge in [0.25, 0.3) is 5.91 Å². The van der Waals surface area contributed by atoms with Gasteiger partial charge >= 0.3 is 0 Å². The first-order valence-electron chi connectivity index (χ1n) is 8.70. The first kappa shape index (κ1) is 17.9. The van der Waals surface area contributed by atoms with Crippen LogP contribution in [0.15, 0.2) is 6.07 Å². The Bertz CT molecular complexity index is 765. The van der Waals surface area contributed by atoms with Gasteiger partial charge in [-0.2, -0.15) is 5.10 Å². The van der Waals surface area contributed by atoms with Crippen LogP contribution >= 0.6 is 0 Å². The van der Waals surface area contributed by atoms with Crippen molar-refractivity contribution in [2.24, 2.45) is 13.0 Å². The maximum atomic E-state index is 12.3. The zero-order chi connectivity index (χ0) is 18.0. The van der Waals surface area contributed by atoms with Gasteiger partial charge < -0.3 is 10.6 Å². The molecule has 1 saturated heterocycles. The molecule has 1 aliphatic heterocycles. The van der Waals surface area contributed by atoms with Crippen LogP contribution in [-0.4, -0.2) is 47.6 Å². The number of hydrogen-bond acceptors (Lipinski definition) is 5. The van der Waals surface area contributed by atoms with Crippen LogP contribution in [0.5, 0.6) is 0 Å². The van der Waals surface area contributed by atoms with E-state index in [1.807, 2.05) is 0 Å². The zero-order valence-corrected chi connectivity index (χ0v) is 15.1. The molecular weight excluding hydrogens is 344 g/mol. The van der Waals surface area contributed by atoms with Crippen LogP contribution in [-0.2, 0) is 21.7 Å². The Kier molecular flexibility index (Phi) is 5.12. The summed E-state index contributed by atoms with van der Waals surface area (Å²) in [6, 6.07) is 1.15. The van der Waals surface area contributed by atoms with Gasteiger partial charge in [-0.15, -0.1) is 0 Å². The van der Waals surface area contributed by atoms with Crippen molar-refractivity contribution in [3.05, 3.63) is 11.8 Å². The van der Waals surface area contributed by atoms with Gasteiger partial charge in [0.05, 0.1) is 11.5 Å². The number of amides is 2. The van der Waals surface area contributed by atoms with Crippen molar-refractivity contribution in [3.8, 4) is 0 Å². The number of sulfone groups is 1. The average molecular weight is 368 g/mol. The molecular formula is C16H24N4O4S. The molecule has 2 aliphatic rings. The number of nitrogens with zero attached hydrogens (tertiary/aromatic N) is 2. The number of aryl methyl sites for hydroxylation is 1. The minimum absolute atomic E-state index is 0.0182. The van der Waals surface area contributed by atoms with Gasteiger partial charge in [0, 0.05) is 25.1 Å². The fourth-order valence-corrected chi connectivity index (χ4v) is 5.13. The molecule has 0 spiro atoms. The number of nitrogens with one attached hydrogen (secondary N) is 2. The third kappa shape index (κ3) is 4.39. The highest BCUT2D eigenvalue weighted by atomic mass is 32.2. The van der Waals surface area contributed by atoms with E-state index in [0.29, 0.717) is 12.2 Å². The molecule has 2 amide bonds. The zero-order valence-electron chi connectivity index (χ0n) is 14.3. The third-order valence-electron chi connectivity index (χ3n) is 4.91. The van der Waals surface area contributed by atoms with Crippen LogP contribution in [0.25, 0.3) is 0 Å². The lowest BCUT2D eigenvalue weighted by Gasteiger charge is -2.20. The fourth-order valence-electron chi connectivity index (χ4n) is 3.46. The second-order valence-corrected chi connectivity index (χ2v) is 9.16. The van der Waals surface area contributed by atoms with E-state index < -0.39 is 15.7 Å². The maximum absolute atomic E-state index is 12.3. The molecule has 25 heavy (non-hydrogen) atoms. The summed E-state index contributed by atoms with van der Waals surface area (Å²) in [5.41, 5.74) is 0.172. The van der Waals surface area contributed by atoms with Gasteiger partial charge in [-0.25, -0.2) is 8.42 Å². The van der Waals surface area contributed by atoms with Gasteiger partial charge in [0.2, 0.25) is 5.91 Å². The van der Waals surface area contributed by atoms with E-state index in [2.05, 4.69) is 15.7 Å². The molecule has 2 heterocycles. The Hall–Kier alpha value is -1.90. The molecule has 1 aliphatic carbocycles. The van der Waals surface area contributed by atoms with Gasteiger partial charge in [0.1, 0.15) is 5.82 Å². The fraction of sp³-hybridized carbons (Fsp3) is 0.688. The van der Waals surface area contributed by atoms with Crippen LogP contribution in [0.3, 0.4) is 0 Å². The SMILES string of the molecule is Cn1nc(C(=O)NC2CCS(=O)(=O)C2)cc1NC(=O)C1CCCCC1. The van der Waals surface area contributed by atoms with E-state index in [9.17, 15) is 18.0 Å². The highest BCUT2D eigenvalue weighted by molar-refractivity contribution is 7.91. The molecule has 2 N–H and O–H groups in total. The maximum Gasteiger partial charge on any atom is 0.272 e. The average Bonchev–Trinajstić information content (AvgIpc) is 3.10. The third-order valence-corrected chi connectivity index (χ3v) is 6.68. The Morgan fingerprint density at radius 2 is 1.92 bits per heavy atom. The number of rotatable bonds is 4. The number of anilines is 1. The lowest BCUT2D eigenvalue weighted by atomic mass is 9.89. The van der Waals surface area contributed by atoms with Crippen molar-refractivity contribution in [1.29, 1.82) is 0 Å². The molecule has 1 atom stereocenters. The van der Waals surface area contributed by atoms with Gasteiger partial charge in [0.15, 0.2) is 15.5 Å². The molecule has 8 nitrogen and oxygen atoms in total. The molecule has 1 unspecified atom stereocenters. The summed E-state index contributed by atoms with van der Waals surface area (Å²) >= 11 is 0. The van der Waals surface area contributed by atoms with Crippen molar-refractivity contribution in [3.63, 3.8) is 0 Å². The lowest BCUT2D eigenvalue weighted by Crippen LogP contribution is -2.35. The first-order valence-corrected chi connectivity index (χ1v) is 10.5. The van der Waals surface area contributed by atoms with Crippen LogP contribution in [0.2, 0.25) is 0 Å². The monoisotopic (exact) mass is 368 g/mol. The summed E-state index contributed by atoms with van der Waals surface area (Å²) in [5, 5.41) is 9.68. The Morgan fingerprint density at radius 3 is 2.56 bits per heavy atom. The number of carbonyl (C=O) groups is 2. The molecule has 9 heteroatoms. The Balaban J connectivity index is 1.61. The van der Waals surface area contributed by atoms with E-state index in [1.165, 1.54) is 17.2 Å². The van der Waals surface area contributed by atoms with Crippen LogP contribution < -0.4 is 10.6 Å². The Labute approximate surface area is 147 Å². The van der Waals surface area contributed by atoms with Gasteiger partial charge in [-0.3, -0.25) is 14.3 Å². The van der Waals surface area contributed by atoms with Crippen molar-refractivity contribution >= 4 is 27.5 Å². The molecule has 1 aromatic heterocycles. The second kappa shape index (κ2) is 7.15. The van der Waals surface area contributed by atoms with Gasteiger partial charge in [-0.1, -0.05) is 19.3 Å². The number of aromatic nitrogens is 2. The summed E-state index contributed by atoms with van der Waals surface area (Å²) in [6.07, 6.45) is 5.53. The van der Waals surface area contributed by atoms with Crippen molar-refractivity contribution in [1.82, 2.24) is 15.1 Å². The molecule has 0 aromatic carbocycles. The smallest absolute Gasteiger partial charge is 0.272 e. The Morgan fingerprint density at radius 1 is 1.20 bits per heavy atom. The van der Waals surface area contributed by atoms with Crippen LogP contribution in [0.1, 0.15) is 49.0 Å². The quantitative estimate of drug-likeness (QED) is 0.819. The molecule has 1 saturated carbocycles. The normalized spacial score (nSPS) is 23.3. The van der Waals surface area contributed by atoms with Crippen molar-refractivity contribution in [2.75, 3.05) is 16.8 Å². The molecule has 3 rings (SSSR count). The number of hydrogen-bond donors (Lipinski definition) is 2. The number of carbonyl (C=O) groups excluding carboxylic acids is 2. The van der Waals surface area contributed by atoms with E-state index in [-0.39, 0.29) is 35.1 Å². The minimum atomic E-state index is -3.05. The standard InChI is InChI=1S/C16H24N4O4S/c1-20-14(18-15(21)11-5-3-2-4-6-11)9-13(19-20)16(22)17-12-7-8-25(23,24)10-12/h9,11-12H,2-8,10H2,1H3,(H,17,22)(H,18,21). The van der Waals surface area contributed by atoms with E-state index in [4.69, 9.17) is 0 Å². The van der Waals surface area contributed by atoms with Crippen molar-refractivity contribution in [2.45, 2.75) is 44.6 Å². The highest BCUT2D eigenvalue weighted by Gasteiger charge is 2.30. The molecule has 138 valence electrons. The van der Waals surface area contributed by atoms with Crippen LogP contribution in [0.4, 0.5) is 5.82 Å². The molecule has 0 radical (unpaired) electrons. The lowest BCUT2D eigenvalue weighted by molar-refractivity contribution is -0.120. The molecule has 1 aromatic rings. The molecule has 0 bridgehead atoms. The largest absolute Gasteiger partial charge is 0.347 e.